The molecular formula is C29H28N6O2. The van der Waals surface area contributed by atoms with E-state index in [-0.39, 0.29) is 18.2 Å². The summed E-state index contributed by atoms with van der Waals surface area (Å²) in [6, 6.07) is 26.1. The molecule has 0 radical (unpaired) electrons. The first-order chi connectivity index (χ1) is 18.2. The van der Waals surface area contributed by atoms with Crippen LogP contribution in [-0.4, -0.2) is 66.0 Å². The lowest BCUT2D eigenvalue weighted by Crippen LogP contribution is -2.44. The van der Waals surface area contributed by atoms with Gasteiger partial charge in [-0.2, -0.15) is 0 Å². The number of hydrogen-bond donors (Lipinski definition) is 1. The predicted molar refractivity (Wildman–Crippen MR) is 144 cm³/mol. The average Bonchev–Trinajstić information content (AvgIpc) is 3.35. The molecule has 0 bridgehead atoms. The zero-order valence-corrected chi connectivity index (χ0v) is 20.7. The van der Waals surface area contributed by atoms with Gasteiger partial charge in [0.15, 0.2) is 11.9 Å². The number of para-hydroxylation sites is 1. The van der Waals surface area contributed by atoms with Crippen LogP contribution in [0.2, 0.25) is 0 Å². The van der Waals surface area contributed by atoms with Crippen molar-refractivity contribution in [1.29, 1.82) is 0 Å². The maximum atomic E-state index is 13.3. The third-order valence-corrected chi connectivity index (χ3v) is 6.91. The first-order valence-corrected chi connectivity index (χ1v) is 12.5. The van der Waals surface area contributed by atoms with Crippen molar-refractivity contribution < 1.29 is 9.21 Å². The minimum absolute atomic E-state index is 0.0593. The van der Waals surface area contributed by atoms with Gasteiger partial charge in [0.05, 0.1) is 11.3 Å². The second-order valence-electron chi connectivity index (χ2n) is 9.41. The molecule has 0 saturated carbocycles. The van der Waals surface area contributed by atoms with Gasteiger partial charge in [0.25, 0.3) is 5.89 Å². The van der Waals surface area contributed by atoms with Crippen molar-refractivity contribution >= 4 is 23.2 Å². The molecule has 6 rings (SSSR count). The molecule has 8 nitrogen and oxygen atoms in total. The fraction of sp³-hybridized carbons (Fsp3) is 0.241. The van der Waals surface area contributed by atoms with Gasteiger partial charge in [-0.1, -0.05) is 71.8 Å². The number of nitrogens with zero attached hydrogens (tertiary/aromatic N) is 5. The van der Waals surface area contributed by atoms with Crippen LogP contribution in [0.3, 0.4) is 0 Å². The molecule has 37 heavy (non-hydrogen) atoms. The number of anilines is 2. The van der Waals surface area contributed by atoms with E-state index < -0.39 is 6.17 Å². The number of aliphatic imine (C=N–C) groups is 1. The molecule has 3 aromatic carbocycles. The van der Waals surface area contributed by atoms with Crippen LogP contribution in [0.1, 0.15) is 16.7 Å². The SMILES string of the molecule is CN1CCN(c2ccccc2-c2nnc(N[C@H]3N=C(c4ccccc4)c4ccccc4CC3=O)o2)CC1. The zero-order chi connectivity index (χ0) is 25.2. The third-order valence-electron chi connectivity index (χ3n) is 6.91. The summed E-state index contributed by atoms with van der Waals surface area (Å²) < 4.78 is 6.04. The molecule has 0 aliphatic carbocycles. The number of carbonyl (C=O) groups excluding carboxylic acids is 1. The van der Waals surface area contributed by atoms with E-state index in [1.807, 2.05) is 72.8 Å². The first-order valence-electron chi connectivity index (χ1n) is 12.5. The van der Waals surface area contributed by atoms with E-state index >= 15 is 0 Å². The van der Waals surface area contributed by atoms with E-state index in [0.29, 0.717) is 5.89 Å². The van der Waals surface area contributed by atoms with Gasteiger partial charge in [0.1, 0.15) is 0 Å². The summed E-state index contributed by atoms with van der Waals surface area (Å²) in [7, 11) is 2.14. The topological polar surface area (TPSA) is 86.9 Å². The molecule has 1 N–H and O–H groups in total. The number of nitrogens with one attached hydrogen (secondary N) is 1. The van der Waals surface area contributed by atoms with Gasteiger partial charge >= 0.3 is 6.01 Å². The number of benzene rings is 3. The molecule has 2 aliphatic heterocycles. The van der Waals surface area contributed by atoms with E-state index in [1.54, 1.807) is 0 Å². The fourth-order valence-electron chi connectivity index (χ4n) is 4.88. The largest absolute Gasteiger partial charge is 0.403 e. The highest BCUT2D eigenvalue weighted by atomic mass is 16.4. The highest BCUT2D eigenvalue weighted by molar-refractivity contribution is 6.16. The monoisotopic (exact) mass is 492 g/mol. The van der Waals surface area contributed by atoms with Crippen molar-refractivity contribution in [3.05, 3.63) is 95.6 Å². The third kappa shape index (κ3) is 4.75. The second kappa shape index (κ2) is 9.99. The number of hydrogen-bond acceptors (Lipinski definition) is 8. The van der Waals surface area contributed by atoms with Gasteiger partial charge in [0, 0.05) is 49.4 Å². The molecular weight excluding hydrogens is 464 g/mol. The Balaban J connectivity index is 1.30. The summed E-state index contributed by atoms with van der Waals surface area (Å²) >= 11 is 0. The van der Waals surface area contributed by atoms with Crippen molar-refractivity contribution in [2.24, 2.45) is 4.99 Å². The van der Waals surface area contributed by atoms with E-state index in [1.165, 1.54) is 0 Å². The van der Waals surface area contributed by atoms with Gasteiger partial charge < -0.3 is 19.5 Å². The Morgan fingerprint density at radius 3 is 2.35 bits per heavy atom. The number of carbonyl (C=O) groups is 1. The van der Waals surface area contributed by atoms with Crippen LogP contribution in [0.25, 0.3) is 11.5 Å². The quantitative estimate of drug-likeness (QED) is 0.452. The van der Waals surface area contributed by atoms with Crippen molar-refractivity contribution in [2.75, 3.05) is 43.4 Å². The van der Waals surface area contributed by atoms with Gasteiger partial charge in [-0.05, 0) is 24.7 Å². The van der Waals surface area contributed by atoms with Crippen LogP contribution >= 0.6 is 0 Å². The normalized spacial score (nSPS) is 18.2. The van der Waals surface area contributed by atoms with E-state index in [2.05, 4.69) is 38.4 Å². The summed E-state index contributed by atoms with van der Waals surface area (Å²) in [6.45, 7) is 3.86. The molecule has 1 saturated heterocycles. The molecule has 3 heterocycles. The Morgan fingerprint density at radius 2 is 1.54 bits per heavy atom. The lowest BCUT2D eigenvalue weighted by Gasteiger charge is -2.34. The number of piperazine rings is 1. The Hall–Kier alpha value is -4.30. The van der Waals surface area contributed by atoms with Crippen molar-refractivity contribution in [3.63, 3.8) is 0 Å². The van der Waals surface area contributed by atoms with Crippen LogP contribution in [0.4, 0.5) is 11.7 Å². The Kier molecular flexibility index (Phi) is 6.24. The highest BCUT2D eigenvalue weighted by Crippen LogP contribution is 2.31. The van der Waals surface area contributed by atoms with Crippen LogP contribution in [0, 0.1) is 0 Å². The number of rotatable bonds is 5. The maximum Gasteiger partial charge on any atom is 0.317 e. The van der Waals surface area contributed by atoms with Gasteiger partial charge in [-0.25, -0.2) is 0 Å². The molecule has 1 atom stereocenters. The second-order valence-corrected chi connectivity index (χ2v) is 9.41. The summed E-state index contributed by atoms with van der Waals surface area (Å²) in [4.78, 5) is 22.8. The minimum atomic E-state index is -0.844. The Morgan fingerprint density at radius 1 is 0.838 bits per heavy atom. The number of likely N-dealkylation sites (N-methyl/N-ethyl adjacent to an activating group) is 1. The van der Waals surface area contributed by atoms with E-state index in [4.69, 9.17) is 9.41 Å². The maximum absolute atomic E-state index is 13.3. The lowest BCUT2D eigenvalue weighted by atomic mass is 9.96. The molecule has 0 amide bonds. The van der Waals surface area contributed by atoms with Crippen LogP contribution in [-0.2, 0) is 11.2 Å². The Bertz CT molecular complexity index is 1440. The smallest absolute Gasteiger partial charge is 0.317 e. The first kappa shape index (κ1) is 23.1. The molecule has 1 aromatic heterocycles. The van der Waals surface area contributed by atoms with Crippen molar-refractivity contribution in [1.82, 2.24) is 15.1 Å². The van der Waals surface area contributed by atoms with Crippen LogP contribution in [0.5, 0.6) is 0 Å². The molecule has 0 unspecified atom stereocenters. The van der Waals surface area contributed by atoms with Crippen molar-refractivity contribution in [2.45, 2.75) is 12.6 Å². The lowest BCUT2D eigenvalue weighted by molar-refractivity contribution is -0.119. The van der Waals surface area contributed by atoms with Gasteiger partial charge in [-0.3, -0.25) is 9.79 Å². The number of ketones is 1. The van der Waals surface area contributed by atoms with Crippen LogP contribution < -0.4 is 10.2 Å². The predicted octanol–water partition coefficient (Wildman–Crippen LogP) is 3.89. The van der Waals surface area contributed by atoms with Gasteiger partial charge in [-0.15, -0.1) is 5.10 Å². The molecule has 2 aliphatic rings. The standard InChI is InChI=1S/C29H28N6O2/c1-34-15-17-35(18-16-34)24-14-8-7-13-23(24)28-32-33-29(37-28)31-27-25(36)19-21-11-5-6-12-22(21)26(30-27)20-9-3-2-4-10-20/h2-14,27H,15-19H2,1H3,(H,31,33)/t27-/m1/s1. The molecule has 186 valence electrons. The molecule has 0 spiro atoms. The summed E-state index contributed by atoms with van der Waals surface area (Å²) in [5.41, 5.74) is 5.56. The van der Waals surface area contributed by atoms with Gasteiger partial charge in [0.2, 0.25) is 0 Å². The fourth-order valence-corrected chi connectivity index (χ4v) is 4.88. The zero-order valence-electron chi connectivity index (χ0n) is 20.7. The van der Waals surface area contributed by atoms with Crippen LogP contribution in [0.15, 0.2) is 88.3 Å². The molecule has 8 heteroatoms. The van der Waals surface area contributed by atoms with E-state index in [9.17, 15) is 4.79 Å². The highest BCUT2D eigenvalue weighted by Gasteiger charge is 2.28. The molecule has 1 fully saturated rings. The number of fused-ring (bicyclic) bond motifs is 1. The molecule has 4 aromatic rings. The summed E-state index contributed by atoms with van der Waals surface area (Å²) in [5.74, 6) is 0.351. The van der Waals surface area contributed by atoms with E-state index in [0.717, 1.165) is 59.8 Å². The minimum Gasteiger partial charge on any atom is -0.403 e. The summed E-state index contributed by atoms with van der Waals surface area (Å²) in [6.07, 6.45) is -0.579. The van der Waals surface area contributed by atoms with Crippen molar-refractivity contribution in [3.8, 4) is 11.5 Å². The Labute approximate surface area is 215 Å². The average molecular weight is 493 g/mol. The number of aromatic nitrogens is 2. The summed E-state index contributed by atoms with van der Waals surface area (Å²) in [5, 5.41) is 11.6. The number of Topliss-reactive ketones (excluding diaryl/α,β-unsaturated/α-hetero) is 1.